The first-order valence-electron chi connectivity index (χ1n) is 11.3. The Kier molecular flexibility index (Phi) is 6.47. The van der Waals surface area contributed by atoms with Gasteiger partial charge in [0.05, 0.1) is 17.5 Å². The molecular weight excluding hydrogens is 433 g/mol. The molecule has 1 atom stereocenters. The molecule has 0 saturated carbocycles. The number of nitrogens with zero attached hydrogens (tertiary/aromatic N) is 6. The number of nitrogens with one attached hydrogen (secondary N) is 1. The van der Waals surface area contributed by atoms with Gasteiger partial charge < -0.3 is 10.4 Å². The summed E-state index contributed by atoms with van der Waals surface area (Å²) in [5.41, 5.74) is 5.15. The minimum absolute atomic E-state index is 0.278. The Hall–Kier alpha value is -3.59. The van der Waals surface area contributed by atoms with Gasteiger partial charge in [0.15, 0.2) is 11.6 Å². The predicted octanol–water partition coefficient (Wildman–Crippen LogP) is 4.95. The van der Waals surface area contributed by atoms with E-state index >= 15 is 0 Å². The number of aliphatic hydroxyl groups excluding tert-OH is 1. The second-order valence-electron chi connectivity index (χ2n) is 8.98. The van der Waals surface area contributed by atoms with Crippen molar-refractivity contribution < 1.29 is 9.50 Å². The van der Waals surface area contributed by atoms with Gasteiger partial charge in [0.2, 0.25) is 0 Å². The maximum Gasteiger partial charge on any atom is 0.159 e. The van der Waals surface area contributed by atoms with Crippen LogP contribution in [0.5, 0.6) is 0 Å². The van der Waals surface area contributed by atoms with Crippen molar-refractivity contribution >= 4 is 11.6 Å². The lowest BCUT2D eigenvalue weighted by atomic mass is 9.98. The molecule has 0 aliphatic carbocycles. The number of halogens is 1. The molecule has 0 fully saturated rings. The predicted molar refractivity (Wildman–Crippen MR) is 130 cm³/mol. The summed E-state index contributed by atoms with van der Waals surface area (Å²) in [6.07, 6.45) is 1.56. The number of rotatable bonds is 7. The zero-order valence-corrected chi connectivity index (χ0v) is 20.3. The van der Waals surface area contributed by atoms with E-state index in [1.807, 2.05) is 27.8 Å². The van der Waals surface area contributed by atoms with Gasteiger partial charge in [-0.1, -0.05) is 13.8 Å². The van der Waals surface area contributed by atoms with Gasteiger partial charge in [0, 0.05) is 35.5 Å². The van der Waals surface area contributed by atoms with E-state index in [9.17, 15) is 9.50 Å². The molecule has 4 rings (SSSR count). The van der Waals surface area contributed by atoms with Gasteiger partial charge in [-0.3, -0.25) is 4.68 Å². The third-order valence-corrected chi connectivity index (χ3v) is 5.89. The van der Waals surface area contributed by atoms with E-state index in [2.05, 4.69) is 39.3 Å². The highest BCUT2D eigenvalue weighted by molar-refractivity contribution is 5.71. The Morgan fingerprint density at radius 2 is 1.76 bits per heavy atom. The van der Waals surface area contributed by atoms with Gasteiger partial charge in [-0.15, -0.1) is 0 Å². The number of hydrogen-bond donors (Lipinski definition) is 2. The zero-order valence-electron chi connectivity index (χ0n) is 20.3. The summed E-state index contributed by atoms with van der Waals surface area (Å²) in [5, 5.41) is 23.2. The molecule has 1 unspecified atom stereocenters. The number of aliphatic hydroxyl groups is 1. The van der Waals surface area contributed by atoms with Crippen molar-refractivity contribution in [3.63, 3.8) is 0 Å². The van der Waals surface area contributed by atoms with Crippen LogP contribution in [0.15, 0.2) is 36.7 Å². The van der Waals surface area contributed by atoms with E-state index in [1.165, 1.54) is 18.5 Å². The summed E-state index contributed by atoms with van der Waals surface area (Å²) in [5.74, 6) is 1.89. The van der Waals surface area contributed by atoms with Crippen molar-refractivity contribution in [2.24, 2.45) is 13.0 Å². The molecule has 0 aliphatic heterocycles. The van der Waals surface area contributed by atoms with Gasteiger partial charge in [0.1, 0.15) is 18.0 Å². The van der Waals surface area contributed by atoms with E-state index in [0.717, 1.165) is 33.8 Å². The lowest BCUT2D eigenvalue weighted by Gasteiger charge is -2.14. The highest BCUT2D eigenvalue weighted by Gasteiger charge is 2.22. The van der Waals surface area contributed by atoms with Gasteiger partial charge in [-0.05, 0) is 57.4 Å². The maximum atomic E-state index is 13.4. The number of hydrogen-bond acceptors (Lipinski definition) is 6. The van der Waals surface area contributed by atoms with Crippen LogP contribution < -0.4 is 5.32 Å². The molecule has 4 aromatic rings. The molecular formula is C25H30FN7O. The van der Waals surface area contributed by atoms with Crippen LogP contribution in [0, 0.1) is 32.5 Å². The number of aryl methyl sites for hydroxylation is 2. The quantitative estimate of drug-likeness (QED) is 0.403. The van der Waals surface area contributed by atoms with Crippen LogP contribution in [0.1, 0.15) is 48.9 Å². The van der Waals surface area contributed by atoms with E-state index in [4.69, 9.17) is 0 Å². The third-order valence-electron chi connectivity index (χ3n) is 5.89. The molecule has 8 nitrogen and oxygen atoms in total. The standard InChI is InChI=1S/C25H30FN7O/c1-14(2)11-20(34)23-16(4)30-33(17(23)5)22-12-21(27-13-28-22)29-25-15(3)24(32(6)31-25)18-7-9-19(26)10-8-18/h7-10,12-14,20,34H,11H2,1-6H3,(H,27,28,29,31). The molecule has 3 heterocycles. The van der Waals surface area contributed by atoms with Crippen LogP contribution in [0.2, 0.25) is 0 Å². The first-order valence-corrected chi connectivity index (χ1v) is 11.3. The fourth-order valence-corrected chi connectivity index (χ4v) is 4.34. The average molecular weight is 464 g/mol. The van der Waals surface area contributed by atoms with E-state index < -0.39 is 6.10 Å². The lowest BCUT2D eigenvalue weighted by Crippen LogP contribution is -2.07. The van der Waals surface area contributed by atoms with Gasteiger partial charge in [-0.2, -0.15) is 10.2 Å². The van der Waals surface area contributed by atoms with Gasteiger partial charge >= 0.3 is 0 Å². The topological polar surface area (TPSA) is 93.7 Å². The highest BCUT2D eigenvalue weighted by Crippen LogP contribution is 2.31. The lowest BCUT2D eigenvalue weighted by molar-refractivity contribution is 0.149. The summed E-state index contributed by atoms with van der Waals surface area (Å²) < 4.78 is 16.9. The number of benzene rings is 1. The Labute approximate surface area is 198 Å². The SMILES string of the molecule is Cc1nn(-c2cc(Nc3nn(C)c(-c4ccc(F)cc4)c3C)ncn2)c(C)c1C(O)CC(C)C. The molecule has 0 spiro atoms. The Morgan fingerprint density at radius 3 is 2.44 bits per heavy atom. The van der Waals surface area contributed by atoms with Crippen molar-refractivity contribution in [3.8, 4) is 17.1 Å². The molecule has 0 radical (unpaired) electrons. The van der Waals surface area contributed by atoms with E-state index in [1.54, 1.807) is 27.6 Å². The Morgan fingerprint density at radius 1 is 1.06 bits per heavy atom. The van der Waals surface area contributed by atoms with Crippen LogP contribution in [0.4, 0.5) is 16.0 Å². The second-order valence-corrected chi connectivity index (χ2v) is 8.98. The van der Waals surface area contributed by atoms with E-state index in [-0.39, 0.29) is 5.82 Å². The molecule has 0 saturated heterocycles. The zero-order chi connectivity index (χ0) is 24.6. The molecule has 3 aromatic heterocycles. The molecule has 34 heavy (non-hydrogen) atoms. The van der Waals surface area contributed by atoms with Crippen LogP contribution in [0.3, 0.4) is 0 Å². The minimum Gasteiger partial charge on any atom is -0.388 e. The monoisotopic (exact) mass is 463 g/mol. The van der Waals surface area contributed by atoms with Gasteiger partial charge in [-0.25, -0.2) is 19.0 Å². The fourth-order valence-electron chi connectivity index (χ4n) is 4.34. The highest BCUT2D eigenvalue weighted by atomic mass is 19.1. The second kappa shape index (κ2) is 9.34. The van der Waals surface area contributed by atoms with Crippen molar-refractivity contribution in [3.05, 3.63) is 65.0 Å². The van der Waals surface area contributed by atoms with Crippen LogP contribution in [-0.2, 0) is 7.05 Å². The Balaban J connectivity index is 1.64. The number of aromatic nitrogens is 6. The van der Waals surface area contributed by atoms with Crippen LogP contribution in [0.25, 0.3) is 17.1 Å². The summed E-state index contributed by atoms with van der Waals surface area (Å²) in [7, 11) is 1.85. The van der Waals surface area contributed by atoms with Crippen LogP contribution >= 0.6 is 0 Å². The summed E-state index contributed by atoms with van der Waals surface area (Å²) >= 11 is 0. The molecule has 0 bridgehead atoms. The molecule has 0 amide bonds. The smallest absolute Gasteiger partial charge is 0.159 e. The van der Waals surface area contributed by atoms with Crippen molar-refractivity contribution in [1.29, 1.82) is 0 Å². The Bertz CT molecular complexity index is 1310. The molecule has 0 aliphatic rings. The van der Waals surface area contributed by atoms with Crippen LogP contribution in [-0.4, -0.2) is 34.6 Å². The molecule has 2 N–H and O–H groups in total. The largest absolute Gasteiger partial charge is 0.388 e. The summed E-state index contributed by atoms with van der Waals surface area (Å²) in [6, 6.07) is 8.14. The normalized spacial score (nSPS) is 12.4. The third kappa shape index (κ3) is 4.56. The molecule has 178 valence electrons. The van der Waals surface area contributed by atoms with Crippen molar-refractivity contribution in [2.45, 2.75) is 47.1 Å². The number of anilines is 2. The van der Waals surface area contributed by atoms with Crippen molar-refractivity contribution in [1.82, 2.24) is 29.5 Å². The maximum absolute atomic E-state index is 13.4. The minimum atomic E-state index is -0.575. The van der Waals surface area contributed by atoms with Crippen molar-refractivity contribution in [2.75, 3.05) is 5.32 Å². The first kappa shape index (κ1) is 23.6. The van der Waals surface area contributed by atoms with Gasteiger partial charge in [0.25, 0.3) is 0 Å². The average Bonchev–Trinajstić information content (AvgIpc) is 3.23. The first-order chi connectivity index (χ1) is 16.2. The van der Waals surface area contributed by atoms with E-state index in [0.29, 0.717) is 29.8 Å². The summed E-state index contributed by atoms with van der Waals surface area (Å²) in [4.78, 5) is 8.74. The fraction of sp³-hybridized carbons (Fsp3) is 0.360. The summed E-state index contributed by atoms with van der Waals surface area (Å²) in [6.45, 7) is 9.96. The molecule has 9 heteroatoms. The molecule has 1 aromatic carbocycles.